The number of carboxylic acid groups (broad SMARTS) is 1. The van der Waals surface area contributed by atoms with Crippen LogP contribution in [0.1, 0.15) is 131 Å². The lowest BCUT2D eigenvalue weighted by Gasteiger charge is -2.48. The first-order chi connectivity index (χ1) is 56.2. The Morgan fingerprint density at radius 3 is 1.89 bits per heavy atom. The van der Waals surface area contributed by atoms with Gasteiger partial charge in [0.05, 0.1) is 53.5 Å². The lowest BCUT2D eigenvalue weighted by Crippen LogP contribution is -2.65. The summed E-state index contributed by atoms with van der Waals surface area (Å²) in [4.78, 5) is 121. The van der Waals surface area contributed by atoms with Crippen LogP contribution in [-0.2, 0) is 68.6 Å². The number of hydrogen-bond donors (Lipinski definition) is 20. The van der Waals surface area contributed by atoms with Gasteiger partial charge in [0.2, 0.25) is 53.4 Å². The van der Waals surface area contributed by atoms with Crippen LogP contribution in [0.25, 0.3) is 11.1 Å². The normalized spacial score (nSPS) is 30.7. The molecule has 8 aliphatic rings. The van der Waals surface area contributed by atoms with Crippen molar-refractivity contribution in [3.8, 4) is 57.1 Å². The van der Waals surface area contributed by atoms with Crippen LogP contribution < -0.4 is 68.2 Å². The number of likely N-dealkylation sites (N-methyl/N-ethyl adjacent to an activating group) is 1. The van der Waals surface area contributed by atoms with Gasteiger partial charge in [0.25, 0.3) is 0 Å². The number of hydrogen-bond acceptors (Lipinski definition) is 28. The summed E-state index contributed by atoms with van der Waals surface area (Å²) in [7, 11) is 1.48. The molecule has 0 saturated carbocycles. The summed E-state index contributed by atoms with van der Waals surface area (Å²) >= 11 is 16.8. The number of benzene rings is 6. The molecular weight excluding hydrogens is 1710 g/mol. The van der Waals surface area contributed by atoms with Crippen LogP contribution in [-0.4, -0.2) is 215 Å². The number of carboxylic acids is 1. The van der Waals surface area contributed by atoms with Crippen LogP contribution in [0, 0.1) is 9.49 Å². The van der Waals surface area contributed by atoms with Gasteiger partial charge in [0, 0.05) is 56.8 Å². The summed E-state index contributed by atoms with van der Waals surface area (Å²) in [5, 5.41) is 137. The number of nitrogens with two attached hydrogens (primary N) is 2. The quantitative estimate of drug-likeness (QED) is 0.0550. The summed E-state index contributed by atoms with van der Waals surface area (Å²) in [5.74, 6) is -16.0. The maximum atomic E-state index is 16.5. The Morgan fingerprint density at radius 1 is 0.672 bits per heavy atom. The highest BCUT2D eigenvalue weighted by atomic mass is 127. The van der Waals surface area contributed by atoms with Crippen LogP contribution in [0.4, 0.5) is 0 Å². The number of phenols is 3. The van der Waals surface area contributed by atoms with Crippen molar-refractivity contribution in [3.63, 3.8) is 0 Å². The van der Waals surface area contributed by atoms with Crippen LogP contribution in [0.15, 0.2) is 103 Å². The Bertz CT molecular complexity index is 4860. The molecule has 6 aromatic rings. The van der Waals surface area contributed by atoms with Gasteiger partial charge in [0.15, 0.2) is 36.2 Å². The number of phenolic OH excluding ortho intramolecular Hbond substituents is 3. The Kier molecular flexibility index (Phi) is 27.3. The average Bonchev–Trinajstić information content (AvgIpc) is 0.763. The van der Waals surface area contributed by atoms with Crippen molar-refractivity contribution in [2.24, 2.45) is 17.4 Å². The molecule has 0 unspecified atom stereocenters. The molecule has 0 spiro atoms. The van der Waals surface area contributed by atoms with Gasteiger partial charge in [-0.05, 0) is 164 Å². The Balaban J connectivity index is 1.10. The van der Waals surface area contributed by atoms with E-state index in [-0.39, 0.29) is 59.2 Å². The van der Waals surface area contributed by atoms with E-state index in [0.717, 1.165) is 57.7 Å². The molecule has 11 bridgehead atoms. The minimum atomic E-state index is -2.39. The van der Waals surface area contributed by atoms with E-state index in [0.29, 0.717) is 0 Å². The van der Waals surface area contributed by atoms with Crippen molar-refractivity contribution in [3.05, 3.63) is 150 Å². The third-order valence-corrected chi connectivity index (χ3v) is 23.0. The Hall–Kier alpha value is -9.37. The summed E-state index contributed by atoms with van der Waals surface area (Å²) in [6.07, 6.45) is -22.7. The first-order valence-electron chi connectivity index (χ1n) is 38.0. The van der Waals surface area contributed by atoms with Crippen LogP contribution in [0.3, 0.4) is 0 Å². The van der Waals surface area contributed by atoms with E-state index in [1.807, 2.05) is 38.1 Å². The number of aromatic hydroxyl groups is 3. The van der Waals surface area contributed by atoms with Gasteiger partial charge < -0.3 is 143 Å². The Labute approximate surface area is 704 Å². The largest absolute Gasteiger partial charge is 0.508 e. The lowest BCUT2D eigenvalue weighted by molar-refractivity contribution is -0.334. The third kappa shape index (κ3) is 19.5. The van der Waals surface area contributed by atoms with Crippen molar-refractivity contribution in [2.75, 3.05) is 13.7 Å². The predicted octanol–water partition coefficient (Wildman–Crippen LogP) is 2.78. The number of aliphatic carboxylic acids is 1. The van der Waals surface area contributed by atoms with Gasteiger partial charge in [-0.3, -0.25) is 33.6 Å². The minimum absolute atomic E-state index is 0.114. The van der Waals surface area contributed by atoms with Crippen LogP contribution in [0.5, 0.6) is 46.0 Å². The molecule has 640 valence electrons. The number of carbonyl (C=O) groups is 8. The number of primary amides is 1. The highest BCUT2D eigenvalue weighted by molar-refractivity contribution is 14.1. The highest BCUT2D eigenvalue weighted by Crippen LogP contribution is 2.51. The fourth-order valence-electron chi connectivity index (χ4n) is 15.3. The molecule has 0 aromatic heterocycles. The second-order valence-corrected chi connectivity index (χ2v) is 33.2. The first kappa shape index (κ1) is 88.9. The standard InChI is InChI=1S/C80H93Cl2IN10O26/c1-31(2)18-45(86-7)71(104)92-61-63(99)36-11-16-49(43(81)20-36)114-51-22-38-23-52(67(51)119-78-68(65(101)64(100)53(30-94)116-78)118-56-28-80(6,70(103)33(4)113-56)87-29-34-8-13-39(83)14-9-34)115-50-17-12-37(21-44(50)82)66(117-55-27-79(5,85)69(102)32(3)112-55)62-76(109)91-60(77(110)111)42-24-40(95)25-48(97)57(42)41-19-35(10-15-47(41)96)58(73(106)93-62)90-74(107)59(38)89-72(105)46(26-54(84)98)88-75(61)108/h8-17,19-25,31-33,45-46,53,55-56,58-66,68-70,78,86-87,94-97,99-103H,18,26-30,85H2,1-7H3,(H2,84,98)(H,88,108)(H,89,105)(H,90,107)(H,91,109)(H,92,104)(H,93,106)(H,110,111)/t32-,33-,45+,46-,53+,55-,56-,58+,59+,60-,61+,62-,63+,64+,65-,66+,68+,69-,70-,78-,79-,80-/m0/s1. The molecule has 8 heterocycles. The third-order valence-electron chi connectivity index (χ3n) is 21.7. The monoisotopic (exact) mass is 1810 g/mol. The number of aliphatic hydroxyl groups is 6. The summed E-state index contributed by atoms with van der Waals surface area (Å²) in [6.45, 7) is 9.14. The molecule has 119 heavy (non-hydrogen) atoms. The van der Waals surface area contributed by atoms with E-state index in [9.17, 15) is 65.4 Å². The number of ether oxygens (including phenoxy) is 8. The Morgan fingerprint density at radius 2 is 1.28 bits per heavy atom. The van der Waals surface area contributed by atoms with E-state index >= 15 is 24.0 Å². The lowest BCUT2D eigenvalue weighted by atomic mass is 9.84. The molecule has 22 N–H and O–H groups in total. The molecule has 39 heteroatoms. The zero-order chi connectivity index (χ0) is 86.3. The number of rotatable bonds is 18. The van der Waals surface area contributed by atoms with Gasteiger partial charge in [0.1, 0.15) is 89.5 Å². The van der Waals surface area contributed by atoms with Crippen molar-refractivity contribution >= 4 is 93.1 Å². The smallest absolute Gasteiger partial charge is 0.330 e. The van der Waals surface area contributed by atoms with Crippen LogP contribution in [0.2, 0.25) is 10.0 Å². The van der Waals surface area contributed by atoms with Gasteiger partial charge in [-0.25, -0.2) is 4.79 Å². The summed E-state index contributed by atoms with van der Waals surface area (Å²) < 4.78 is 53.6. The number of aliphatic hydroxyl groups excluding tert-OH is 6. The van der Waals surface area contributed by atoms with E-state index in [1.54, 1.807) is 13.8 Å². The van der Waals surface area contributed by atoms with E-state index in [4.69, 9.17) is 72.6 Å². The number of nitrogens with one attached hydrogen (secondary N) is 8. The number of carbonyl (C=O) groups excluding carboxylic acids is 7. The number of fused-ring (bicyclic) bond motifs is 15. The van der Waals surface area contributed by atoms with Gasteiger partial charge >= 0.3 is 5.97 Å². The maximum Gasteiger partial charge on any atom is 0.330 e. The van der Waals surface area contributed by atoms with Gasteiger partial charge in [-0.2, -0.15) is 0 Å². The molecule has 36 nitrogen and oxygen atoms in total. The zero-order valence-corrected chi connectivity index (χ0v) is 68.6. The average molecular weight is 1810 g/mol. The van der Waals surface area contributed by atoms with E-state index < -0.39 is 261 Å². The fourth-order valence-corrected chi connectivity index (χ4v) is 16.1. The van der Waals surface area contributed by atoms with Crippen molar-refractivity contribution in [2.45, 2.75) is 207 Å². The molecule has 22 atom stereocenters. The topological polar surface area (TPSA) is 561 Å². The molecule has 0 radical (unpaired) electrons. The SMILES string of the molecule is CN[C@H](CC(C)C)C(=O)N[C@H]1C(=O)N[C@@H](CC(N)=O)C(=O)N[C@H]2C(=O)N[C@H]3C(=O)N[C@H](C(=O)N[C@H](C(=O)O)c4cc(O)cc(O)c4-c4cc3ccc4O)[C@H](O[C@H]3C[C@](C)(N)[C@@H](O)[C@H](C)O3)c3ccc(c(Cl)c3)Oc3cc2cc(c3O[C@@H]2O[C@H](CO)[C@@H](O)[C@H](O)[C@H]2O[C@H]2C[C@](C)(NCc3ccc(I)cc3)[C@@H](O)[C@H](C)O2)Oc2ccc(cc2Cl)[C@H]1O. The molecule has 3 fully saturated rings. The second-order valence-electron chi connectivity index (χ2n) is 31.1. The molecule has 14 rings (SSSR count). The second kappa shape index (κ2) is 36.5. The summed E-state index contributed by atoms with van der Waals surface area (Å²) in [6, 6.07) is 7.25. The predicted molar refractivity (Wildman–Crippen MR) is 428 cm³/mol. The van der Waals surface area contributed by atoms with E-state index in [1.165, 1.54) is 51.2 Å². The molecule has 8 aliphatic heterocycles. The maximum absolute atomic E-state index is 16.5. The van der Waals surface area contributed by atoms with Crippen molar-refractivity contribution < 1.29 is 127 Å². The first-order valence-corrected chi connectivity index (χ1v) is 39.8. The minimum Gasteiger partial charge on any atom is -0.508 e. The molecular formula is C80H93Cl2IN10O26. The number of halogens is 3. The zero-order valence-electron chi connectivity index (χ0n) is 65.0. The number of amides is 7. The van der Waals surface area contributed by atoms with Gasteiger partial charge in [-0.1, -0.05) is 67.4 Å². The van der Waals surface area contributed by atoms with E-state index in [2.05, 4.69) is 65.1 Å². The van der Waals surface area contributed by atoms with Crippen LogP contribution >= 0.6 is 45.8 Å². The molecule has 7 amide bonds. The van der Waals surface area contributed by atoms with Crippen molar-refractivity contribution in [1.29, 1.82) is 0 Å². The molecule has 3 saturated heterocycles. The molecule has 0 aliphatic carbocycles. The van der Waals surface area contributed by atoms with Crippen molar-refractivity contribution in [1.82, 2.24) is 42.5 Å². The highest BCUT2D eigenvalue weighted by Gasteiger charge is 2.53. The fraction of sp³-hybridized carbons (Fsp3) is 0.450. The molecule has 6 aromatic carbocycles. The van der Waals surface area contributed by atoms with Gasteiger partial charge in [-0.15, -0.1) is 0 Å². The summed E-state index contributed by atoms with van der Waals surface area (Å²) in [5.41, 5.74) is 7.89.